The highest BCUT2D eigenvalue weighted by molar-refractivity contribution is 7.92. The number of sulfonamides is 1. The smallest absolute Gasteiger partial charge is 0.264 e. The summed E-state index contributed by atoms with van der Waals surface area (Å²) in [4.78, 5) is 22.1. The van der Waals surface area contributed by atoms with E-state index in [9.17, 15) is 13.2 Å². The second-order valence-electron chi connectivity index (χ2n) is 8.70. The van der Waals surface area contributed by atoms with Crippen LogP contribution in [0.25, 0.3) is 10.2 Å². The van der Waals surface area contributed by atoms with Crippen LogP contribution in [0.2, 0.25) is 0 Å². The number of likely N-dealkylation sites (N-methyl/N-ethyl adjacent to an activating group) is 1. The molecule has 188 valence electrons. The molecule has 1 amide bonds. The number of benzene rings is 3. The molecule has 1 aromatic heterocycles. The number of carbonyl (C=O) groups is 1. The van der Waals surface area contributed by atoms with Gasteiger partial charge < -0.3 is 4.90 Å². The average molecular weight is 543 g/mol. The van der Waals surface area contributed by atoms with Crippen LogP contribution in [0.4, 0.5) is 10.8 Å². The number of thiazole rings is 1. The number of hydrogen-bond acceptors (Lipinski definition) is 6. The maximum atomic E-state index is 13.5. The average Bonchev–Trinajstić information content (AvgIpc) is 3.48. The van der Waals surface area contributed by atoms with Crippen LogP contribution in [0.1, 0.15) is 15.9 Å². The summed E-state index contributed by atoms with van der Waals surface area (Å²) in [5.41, 5.74) is 3.01. The molecular weight excluding hydrogens is 516 g/mol. The first-order chi connectivity index (χ1) is 16.8. The summed E-state index contributed by atoms with van der Waals surface area (Å²) in [6.45, 7) is 1.55. The van der Waals surface area contributed by atoms with Gasteiger partial charge in [0.15, 0.2) is 5.13 Å². The van der Waals surface area contributed by atoms with E-state index < -0.39 is 10.0 Å². The van der Waals surface area contributed by atoms with Gasteiger partial charge in [-0.3, -0.25) is 14.0 Å². The Balaban J connectivity index is 0.00000304. The molecule has 0 saturated carbocycles. The highest BCUT2D eigenvalue weighted by Gasteiger charge is 2.31. The lowest BCUT2D eigenvalue weighted by molar-refractivity contribution is 0.0985. The largest absolute Gasteiger partial charge is 0.308 e. The van der Waals surface area contributed by atoms with Gasteiger partial charge in [0, 0.05) is 25.2 Å². The van der Waals surface area contributed by atoms with E-state index in [2.05, 4.69) is 4.98 Å². The van der Waals surface area contributed by atoms with Gasteiger partial charge in [-0.15, -0.1) is 12.4 Å². The van der Waals surface area contributed by atoms with E-state index in [0.717, 1.165) is 21.5 Å². The predicted molar refractivity (Wildman–Crippen MR) is 148 cm³/mol. The van der Waals surface area contributed by atoms with Crippen molar-refractivity contribution < 1.29 is 13.2 Å². The van der Waals surface area contributed by atoms with Crippen LogP contribution in [0, 0.1) is 0 Å². The zero-order valence-corrected chi connectivity index (χ0v) is 22.4. The Morgan fingerprint density at radius 1 is 0.972 bits per heavy atom. The quantitative estimate of drug-likeness (QED) is 0.339. The van der Waals surface area contributed by atoms with Crippen molar-refractivity contribution in [3.63, 3.8) is 0 Å². The van der Waals surface area contributed by atoms with Crippen molar-refractivity contribution in [2.75, 3.05) is 42.9 Å². The number of halogens is 1. The van der Waals surface area contributed by atoms with Crippen LogP contribution in [0.3, 0.4) is 0 Å². The van der Waals surface area contributed by atoms with Crippen LogP contribution >= 0.6 is 23.7 Å². The summed E-state index contributed by atoms with van der Waals surface area (Å²) >= 11 is 1.47. The number of hydrogen-bond donors (Lipinski definition) is 0. The van der Waals surface area contributed by atoms with Crippen LogP contribution in [0.5, 0.6) is 0 Å². The van der Waals surface area contributed by atoms with Crippen molar-refractivity contribution in [1.29, 1.82) is 0 Å². The lowest BCUT2D eigenvalue weighted by Crippen LogP contribution is -2.36. The van der Waals surface area contributed by atoms with Crippen molar-refractivity contribution in [3.05, 3.63) is 83.9 Å². The Morgan fingerprint density at radius 2 is 1.67 bits per heavy atom. The number of rotatable bonds is 7. The first kappa shape index (κ1) is 26.1. The topological polar surface area (TPSA) is 73.8 Å². The minimum absolute atomic E-state index is 0. The van der Waals surface area contributed by atoms with E-state index in [1.165, 1.54) is 27.8 Å². The monoisotopic (exact) mass is 542 g/mol. The Kier molecular flexibility index (Phi) is 7.65. The van der Waals surface area contributed by atoms with Gasteiger partial charge in [0.25, 0.3) is 15.9 Å². The molecule has 2 heterocycles. The van der Waals surface area contributed by atoms with E-state index in [1.54, 1.807) is 17.0 Å². The Hall–Kier alpha value is -2.98. The molecule has 1 aliphatic rings. The van der Waals surface area contributed by atoms with Crippen LogP contribution in [-0.4, -0.2) is 57.9 Å². The minimum Gasteiger partial charge on any atom is -0.308 e. The van der Waals surface area contributed by atoms with Gasteiger partial charge in [0.1, 0.15) is 0 Å². The number of para-hydroxylation sites is 2. The highest BCUT2D eigenvalue weighted by atomic mass is 35.5. The number of carbonyl (C=O) groups excluding carboxylic acids is 1. The third kappa shape index (κ3) is 4.97. The Bertz CT molecular complexity index is 1450. The van der Waals surface area contributed by atoms with Gasteiger partial charge in [-0.2, -0.15) is 0 Å². The van der Waals surface area contributed by atoms with Gasteiger partial charge in [-0.25, -0.2) is 13.4 Å². The van der Waals surface area contributed by atoms with E-state index in [1.807, 2.05) is 67.5 Å². The lowest BCUT2D eigenvalue weighted by atomic mass is 10.2. The van der Waals surface area contributed by atoms with E-state index in [-0.39, 0.29) is 23.2 Å². The number of amides is 1. The van der Waals surface area contributed by atoms with Gasteiger partial charge >= 0.3 is 0 Å². The fourth-order valence-electron chi connectivity index (χ4n) is 4.17. The third-order valence-corrected chi connectivity index (χ3v) is 8.95. The molecular formula is C26H27ClN4O3S2. The SMILES string of the molecule is CN(C)CCN(C(=O)c1ccc(S(=O)(=O)N2CCc3ccccc32)cc1)c1nc2ccccc2s1.Cl. The van der Waals surface area contributed by atoms with Crippen molar-refractivity contribution >= 4 is 60.7 Å². The van der Waals surface area contributed by atoms with E-state index in [0.29, 0.717) is 36.8 Å². The predicted octanol–water partition coefficient (Wildman–Crippen LogP) is 4.68. The van der Waals surface area contributed by atoms with Crippen LogP contribution < -0.4 is 9.21 Å². The molecule has 36 heavy (non-hydrogen) atoms. The fraction of sp³-hybridized carbons (Fsp3) is 0.231. The fourth-order valence-corrected chi connectivity index (χ4v) is 6.66. The van der Waals surface area contributed by atoms with Gasteiger partial charge in [-0.1, -0.05) is 41.7 Å². The summed E-state index contributed by atoms with van der Waals surface area (Å²) in [5, 5.41) is 0.628. The van der Waals surface area contributed by atoms with Crippen LogP contribution in [0.15, 0.2) is 77.7 Å². The van der Waals surface area contributed by atoms with Crippen molar-refractivity contribution in [2.24, 2.45) is 0 Å². The number of fused-ring (bicyclic) bond motifs is 2. The Labute approximate surface area is 221 Å². The van der Waals surface area contributed by atoms with Crippen molar-refractivity contribution in [2.45, 2.75) is 11.3 Å². The van der Waals surface area contributed by atoms with E-state index in [4.69, 9.17) is 0 Å². The van der Waals surface area contributed by atoms with Crippen LogP contribution in [-0.2, 0) is 16.4 Å². The Morgan fingerprint density at radius 3 is 2.39 bits per heavy atom. The molecule has 0 fully saturated rings. The number of anilines is 2. The first-order valence-corrected chi connectivity index (χ1v) is 13.6. The molecule has 0 spiro atoms. The summed E-state index contributed by atoms with van der Waals surface area (Å²) in [6.07, 6.45) is 0.689. The van der Waals surface area contributed by atoms with Crippen molar-refractivity contribution in [1.82, 2.24) is 9.88 Å². The normalized spacial score (nSPS) is 13.0. The summed E-state index contributed by atoms with van der Waals surface area (Å²) in [7, 11) is 0.197. The van der Waals surface area contributed by atoms with Gasteiger partial charge in [0.05, 0.1) is 20.8 Å². The third-order valence-electron chi connectivity index (χ3n) is 6.06. The molecule has 0 aliphatic carbocycles. The highest BCUT2D eigenvalue weighted by Crippen LogP contribution is 2.33. The number of nitrogens with zero attached hydrogens (tertiary/aromatic N) is 4. The molecule has 0 N–H and O–H groups in total. The molecule has 10 heteroatoms. The second-order valence-corrected chi connectivity index (χ2v) is 11.6. The molecule has 7 nitrogen and oxygen atoms in total. The van der Waals surface area contributed by atoms with Gasteiger partial charge in [-0.05, 0) is 68.5 Å². The summed E-state index contributed by atoms with van der Waals surface area (Å²) < 4.78 is 29.1. The second kappa shape index (κ2) is 10.6. The lowest BCUT2D eigenvalue weighted by Gasteiger charge is -2.22. The first-order valence-electron chi connectivity index (χ1n) is 11.4. The molecule has 4 aromatic rings. The standard InChI is InChI=1S/C26H26N4O3S2.ClH/c1-28(2)17-18-29(26-27-22-8-4-6-10-24(22)34-26)25(31)20-11-13-21(14-12-20)35(32,33)30-16-15-19-7-3-5-9-23(19)30;/h3-14H,15-18H2,1-2H3;1H. The molecule has 0 radical (unpaired) electrons. The zero-order valence-electron chi connectivity index (χ0n) is 20.0. The van der Waals surface area contributed by atoms with E-state index >= 15 is 0 Å². The summed E-state index contributed by atoms with van der Waals surface area (Å²) in [6, 6.07) is 21.6. The molecule has 0 unspecified atom stereocenters. The van der Waals surface area contributed by atoms with Crippen molar-refractivity contribution in [3.8, 4) is 0 Å². The molecule has 5 rings (SSSR count). The molecule has 0 atom stereocenters. The van der Waals surface area contributed by atoms with Gasteiger partial charge in [0.2, 0.25) is 0 Å². The minimum atomic E-state index is -3.71. The number of aromatic nitrogens is 1. The molecule has 3 aromatic carbocycles. The maximum Gasteiger partial charge on any atom is 0.264 e. The summed E-state index contributed by atoms with van der Waals surface area (Å²) in [5.74, 6) is -0.207. The molecule has 0 bridgehead atoms. The molecule has 0 saturated heterocycles. The molecule has 1 aliphatic heterocycles. The zero-order chi connectivity index (χ0) is 24.6. The maximum absolute atomic E-state index is 13.5.